The van der Waals surface area contributed by atoms with Gasteiger partial charge < -0.3 is 10.0 Å². The van der Waals surface area contributed by atoms with Crippen molar-refractivity contribution in [2.24, 2.45) is 0 Å². The van der Waals surface area contributed by atoms with E-state index in [2.05, 4.69) is 17.9 Å². The zero-order valence-electron chi connectivity index (χ0n) is 10.2. The van der Waals surface area contributed by atoms with Gasteiger partial charge in [0, 0.05) is 24.8 Å². The zero-order chi connectivity index (χ0) is 12.4. The summed E-state index contributed by atoms with van der Waals surface area (Å²) in [5.74, 6) is -0.0373. The number of hydrogen-bond donors (Lipinski definition) is 1. The van der Waals surface area contributed by atoms with E-state index in [-0.39, 0.29) is 11.5 Å². The summed E-state index contributed by atoms with van der Waals surface area (Å²) in [4.78, 5) is 13.4. The van der Waals surface area contributed by atoms with E-state index in [1.165, 1.54) is 12.5 Å². The first-order valence-electron chi connectivity index (χ1n) is 5.82. The summed E-state index contributed by atoms with van der Waals surface area (Å²) in [6.07, 6.45) is 3.24. The molecule has 0 saturated heterocycles. The van der Waals surface area contributed by atoms with Crippen LogP contribution in [-0.2, 0) is 0 Å². The number of anilines is 1. The fourth-order valence-electron chi connectivity index (χ4n) is 2.02. The molecule has 2 rings (SSSR count). The smallest absolute Gasteiger partial charge is 0.163 e. The van der Waals surface area contributed by atoms with Gasteiger partial charge in [-0.3, -0.25) is 4.79 Å². The molecule has 3 heteroatoms. The molecule has 0 fully saturated rings. The molecule has 0 radical (unpaired) electrons. The van der Waals surface area contributed by atoms with Gasteiger partial charge in [-0.15, -0.1) is 0 Å². The summed E-state index contributed by atoms with van der Waals surface area (Å²) >= 11 is 0. The quantitative estimate of drug-likeness (QED) is 0.628. The van der Waals surface area contributed by atoms with Gasteiger partial charge in [-0.25, -0.2) is 0 Å². The normalized spacial score (nSPS) is 15.6. The van der Waals surface area contributed by atoms with Crippen molar-refractivity contribution in [2.45, 2.75) is 20.3 Å². The van der Waals surface area contributed by atoms with Gasteiger partial charge in [0.05, 0.1) is 5.56 Å². The van der Waals surface area contributed by atoms with Gasteiger partial charge in [-0.1, -0.05) is 11.6 Å². The van der Waals surface area contributed by atoms with Crippen LogP contribution in [-0.4, -0.2) is 24.0 Å². The lowest BCUT2D eigenvalue weighted by Crippen LogP contribution is -2.28. The molecule has 90 valence electrons. The van der Waals surface area contributed by atoms with Crippen LogP contribution in [0, 0.1) is 0 Å². The van der Waals surface area contributed by atoms with Crippen LogP contribution in [0.25, 0.3) is 0 Å². The van der Waals surface area contributed by atoms with Crippen LogP contribution in [0.4, 0.5) is 5.69 Å². The van der Waals surface area contributed by atoms with Crippen LogP contribution in [0.3, 0.4) is 0 Å². The van der Waals surface area contributed by atoms with E-state index >= 15 is 0 Å². The summed E-state index contributed by atoms with van der Waals surface area (Å²) < 4.78 is 0. The van der Waals surface area contributed by atoms with Gasteiger partial charge in [0.15, 0.2) is 5.78 Å². The van der Waals surface area contributed by atoms with Crippen molar-refractivity contribution in [1.82, 2.24) is 0 Å². The maximum absolute atomic E-state index is 11.2. The topological polar surface area (TPSA) is 40.5 Å². The second-order valence-electron chi connectivity index (χ2n) is 4.50. The third-order valence-electron chi connectivity index (χ3n) is 3.16. The van der Waals surface area contributed by atoms with Crippen LogP contribution in [0.2, 0.25) is 0 Å². The average molecular weight is 231 g/mol. The molecule has 0 unspecified atom stereocenters. The number of phenols is 1. The summed E-state index contributed by atoms with van der Waals surface area (Å²) in [5.41, 5.74) is 2.76. The predicted octanol–water partition coefficient (Wildman–Crippen LogP) is 2.75. The Balaban J connectivity index is 2.23. The third-order valence-corrected chi connectivity index (χ3v) is 3.16. The number of nitrogens with zero attached hydrogens (tertiary/aromatic N) is 1. The molecule has 1 heterocycles. The van der Waals surface area contributed by atoms with E-state index < -0.39 is 0 Å². The largest absolute Gasteiger partial charge is 0.507 e. The maximum Gasteiger partial charge on any atom is 0.163 e. The van der Waals surface area contributed by atoms with Crippen LogP contribution in [0.5, 0.6) is 5.75 Å². The van der Waals surface area contributed by atoms with Crippen LogP contribution in [0.15, 0.2) is 29.8 Å². The van der Waals surface area contributed by atoms with E-state index in [0.717, 1.165) is 25.2 Å². The fraction of sp³-hybridized carbons (Fsp3) is 0.357. The van der Waals surface area contributed by atoms with Crippen molar-refractivity contribution in [1.29, 1.82) is 0 Å². The molecule has 1 N–H and O–H groups in total. The molecule has 0 aliphatic carbocycles. The highest BCUT2D eigenvalue weighted by Gasteiger charge is 2.13. The first-order chi connectivity index (χ1) is 8.08. The number of aromatic hydroxyl groups is 1. The van der Waals surface area contributed by atoms with E-state index in [1.807, 2.05) is 6.07 Å². The molecular weight excluding hydrogens is 214 g/mol. The molecule has 1 aromatic carbocycles. The minimum atomic E-state index is -0.108. The fourth-order valence-corrected chi connectivity index (χ4v) is 2.02. The number of hydrogen-bond acceptors (Lipinski definition) is 3. The molecule has 1 aromatic rings. The Bertz CT molecular complexity index is 477. The Morgan fingerprint density at radius 1 is 1.41 bits per heavy atom. The number of ketones is 1. The van der Waals surface area contributed by atoms with E-state index in [9.17, 15) is 9.90 Å². The van der Waals surface area contributed by atoms with Crippen LogP contribution < -0.4 is 4.90 Å². The molecule has 1 aliphatic heterocycles. The zero-order valence-corrected chi connectivity index (χ0v) is 10.2. The molecule has 1 aliphatic rings. The van der Waals surface area contributed by atoms with Gasteiger partial charge in [0.25, 0.3) is 0 Å². The molecule has 0 amide bonds. The van der Waals surface area contributed by atoms with E-state index in [1.54, 1.807) is 12.1 Å². The number of carbonyl (C=O) groups is 1. The lowest BCUT2D eigenvalue weighted by atomic mass is 10.1. The van der Waals surface area contributed by atoms with Crippen LogP contribution >= 0.6 is 0 Å². The highest BCUT2D eigenvalue weighted by atomic mass is 16.3. The number of Topliss-reactive ketones (excluding diaryl/α,β-unsaturated/α-hetero) is 1. The molecule has 0 spiro atoms. The second kappa shape index (κ2) is 4.62. The van der Waals surface area contributed by atoms with Gasteiger partial charge in [-0.2, -0.15) is 0 Å². The van der Waals surface area contributed by atoms with Crippen molar-refractivity contribution in [3.63, 3.8) is 0 Å². The molecule has 0 bridgehead atoms. The van der Waals surface area contributed by atoms with Crippen molar-refractivity contribution in [3.8, 4) is 5.75 Å². The predicted molar refractivity (Wildman–Crippen MR) is 68.7 cm³/mol. The standard InChI is InChI=1S/C14H17NO2/c1-10-5-7-15(8-6-10)12-3-4-13(11(2)16)14(17)9-12/h3-5,9,17H,6-8H2,1-2H3. The molecule has 0 aromatic heterocycles. The monoisotopic (exact) mass is 231 g/mol. The van der Waals surface area contributed by atoms with Gasteiger partial charge in [0.2, 0.25) is 0 Å². The second-order valence-corrected chi connectivity index (χ2v) is 4.50. The van der Waals surface area contributed by atoms with Crippen molar-refractivity contribution in [2.75, 3.05) is 18.0 Å². The number of benzene rings is 1. The SMILES string of the molecule is CC(=O)c1ccc(N2CC=C(C)CC2)cc1O. The Hall–Kier alpha value is -1.77. The lowest BCUT2D eigenvalue weighted by Gasteiger charge is -2.27. The lowest BCUT2D eigenvalue weighted by molar-refractivity contribution is 0.101. The number of phenolic OH excluding ortho intramolecular Hbond substituents is 1. The average Bonchev–Trinajstić information content (AvgIpc) is 2.29. The Morgan fingerprint density at radius 3 is 2.71 bits per heavy atom. The molecule has 0 atom stereocenters. The minimum Gasteiger partial charge on any atom is -0.507 e. The van der Waals surface area contributed by atoms with Crippen LogP contribution in [0.1, 0.15) is 30.6 Å². The first-order valence-corrected chi connectivity index (χ1v) is 5.82. The minimum absolute atomic E-state index is 0.0706. The Labute approximate surface area is 101 Å². The number of rotatable bonds is 2. The van der Waals surface area contributed by atoms with Gasteiger partial charge in [0.1, 0.15) is 5.75 Å². The summed E-state index contributed by atoms with van der Waals surface area (Å²) in [6.45, 7) is 5.42. The molecular formula is C14H17NO2. The van der Waals surface area contributed by atoms with Gasteiger partial charge in [-0.05, 0) is 32.4 Å². The molecule has 0 saturated carbocycles. The Kier molecular flexibility index (Phi) is 3.18. The Morgan fingerprint density at radius 2 is 2.18 bits per heavy atom. The van der Waals surface area contributed by atoms with E-state index in [0.29, 0.717) is 5.56 Å². The molecule has 17 heavy (non-hydrogen) atoms. The maximum atomic E-state index is 11.2. The van der Waals surface area contributed by atoms with Crippen molar-refractivity contribution >= 4 is 11.5 Å². The summed E-state index contributed by atoms with van der Waals surface area (Å²) in [7, 11) is 0. The summed E-state index contributed by atoms with van der Waals surface area (Å²) in [6, 6.07) is 5.26. The first kappa shape index (κ1) is 11.7. The van der Waals surface area contributed by atoms with Crippen molar-refractivity contribution in [3.05, 3.63) is 35.4 Å². The highest BCUT2D eigenvalue weighted by Crippen LogP contribution is 2.26. The number of carbonyl (C=O) groups excluding carboxylic acids is 1. The highest BCUT2D eigenvalue weighted by molar-refractivity contribution is 5.97. The van der Waals surface area contributed by atoms with Gasteiger partial charge >= 0.3 is 0 Å². The molecule has 3 nitrogen and oxygen atoms in total. The van der Waals surface area contributed by atoms with Crippen molar-refractivity contribution < 1.29 is 9.90 Å². The third kappa shape index (κ3) is 2.49. The summed E-state index contributed by atoms with van der Waals surface area (Å²) in [5, 5.41) is 9.78. The van der Waals surface area contributed by atoms with E-state index in [4.69, 9.17) is 0 Å².